The van der Waals surface area contributed by atoms with Crippen LogP contribution < -0.4 is 5.32 Å². The number of phenolic OH excluding ortho intramolecular Hbond substituents is 1. The maximum Gasteiger partial charge on any atom is 0.251 e. The van der Waals surface area contributed by atoms with Crippen molar-refractivity contribution in [1.82, 2.24) is 14.7 Å². The van der Waals surface area contributed by atoms with Crippen molar-refractivity contribution in [3.05, 3.63) is 23.2 Å². The van der Waals surface area contributed by atoms with Crippen molar-refractivity contribution in [2.24, 2.45) is 5.92 Å². The third-order valence-electron chi connectivity index (χ3n) is 6.37. The van der Waals surface area contributed by atoms with Gasteiger partial charge in [0.1, 0.15) is 11.9 Å². The molecule has 0 saturated carbocycles. The number of nitrogens with zero attached hydrogens (tertiary/aromatic N) is 3. The van der Waals surface area contributed by atoms with Gasteiger partial charge in [0.15, 0.2) is 0 Å². The molecule has 0 aliphatic carbocycles. The smallest absolute Gasteiger partial charge is 0.251 e. The van der Waals surface area contributed by atoms with Crippen molar-refractivity contribution in [2.75, 3.05) is 57.7 Å². The number of halogens is 1. The first-order valence-electron chi connectivity index (χ1n) is 11.1. The van der Waals surface area contributed by atoms with E-state index in [9.17, 15) is 19.5 Å². The Morgan fingerprint density at radius 1 is 1.09 bits per heavy atom. The van der Waals surface area contributed by atoms with E-state index in [1.54, 1.807) is 15.9 Å². The number of ether oxygens (including phenoxy) is 1. The fourth-order valence-corrected chi connectivity index (χ4v) is 4.64. The largest absolute Gasteiger partial charge is 0.506 e. The maximum atomic E-state index is 12.7. The molecule has 4 rings (SSSR count). The molecule has 3 heterocycles. The molecular formula is C22H29ClN4O5. The average Bonchev–Trinajstić information content (AvgIpc) is 3.48. The van der Waals surface area contributed by atoms with E-state index in [-0.39, 0.29) is 47.1 Å². The second-order valence-corrected chi connectivity index (χ2v) is 8.99. The summed E-state index contributed by atoms with van der Waals surface area (Å²) in [4.78, 5) is 43.4. The number of aromatic hydroxyl groups is 1. The molecular weight excluding hydrogens is 436 g/mol. The minimum atomic E-state index is -0.317. The van der Waals surface area contributed by atoms with E-state index in [0.29, 0.717) is 58.0 Å². The van der Waals surface area contributed by atoms with E-state index < -0.39 is 0 Å². The van der Waals surface area contributed by atoms with Gasteiger partial charge in [-0.15, -0.1) is 0 Å². The number of carbonyl (C=O) groups is 3. The summed E-state index contributed by atoms with van der Waals surface area (Å²) in [6.45, 7) is 4.22. The van der Waals surface area contributed by atoms with Gasteiger partial charge >= 0.3 is 0 Å². The number of carbonyl (C=O) groups excluding carboxylic acids is 3. The third-order valence-corrected chi connectivity index (χ3v) is 6.67. The van der Waals surface area contributed by atoms with Crippen molar-refractivity contribution in [3.8, 4) is 5.75 Å². The quantitative estimate of drug-likeness (QED) is 0.634. The molecule has 1 aromatic rings. The first-order valence-corrected chi connectivity index (χ1v) is 11.5. The Hall–Kier alpha value is -2.36. The first kappa shape index (κ1) is 22.8. The van der Waals surface area contributed by atoms with E-state index in [2.05, 4.69) is 5.32 Å². The molecule has 1 aromatic carbocycles. The number of nitrogens with one attached hydrogen (secondary N) is 1. The van der Waals surface area contributed by atoms with Crippen LogP contribution in [-0.2, 0) is 19.1 Å². The number of hydrogen-bond acceptors (Lipinski definition) is 6. The van der Waals surface area contributed by atoms with Gasteiger partial charge in [0, 0.05) is 45.0 Å². The first-order chi connectivity index (χ1) is 15.4. The van der Waals surface area contributed by atoms with Gasteiger partial charge < -0.3 is 25.0 Å². The van der Waals surface area contributed by atoms with Gasteiger partial charge in [0.25, 0.3) is 5.91 Å². The fraction of sp³-hybridized carbons (Fsp3) is 0.591. The number of hydrogen-bond donors (Lipinski definition) is 2. The highest BCUT2D eigenvalue weighted by Gasteiger charge is 2.33. The molecule has 10 heteroatoms. The number of likely N-dealkylation sites (tertiary alicyclic amines) is 1. The zero-order valence-corrected chi connectivity index (χ0v) is 18.7. The van der Waals surface area contributed by atoms with Crippen LogP contribution in [0.4, 0.5) is 5.69 Å². The van der Waals surface area contributed by atoms with Crippen LogP contribution in [0.2, 0.25) is 5.02 Å². The minimum Gasteiger partial charge on any atom is -0.506 e. The number of amides is 3. The van der Waals surface area contributed by atoms with Gasteiger partial charge in [-0.3, -0.25) is 19.3 Å². The number of piperazine rings is 1. The van der Waals surface area contributed by atoms with Crippen LogP contribution in [0.5, 0.6) is 5.75 Å². The lowest BCUT2D eigenvalue weighted by Crippen LogP contribution is -2.54. The molecule has 9 nitrogen and oxygen atoms in total. The lowest BCUT2D eigenvalue weighted by molar-refractivity contribution is -0.146. The molecule has 3 fully saturated rings. The van der Waals surface area contributed by atoms with Crippen molar-refractivity contribution >= 4 is 35.0 Å². The molecule has 174 valence electrons. The number of benzene rings is 1. The van der Waals surface area contributed by atoms with Crippen LogP contribution in [-0.4, -0.2) is 96.1 Å². The summed E-state index contributed by atoms with van der Waals surface area (Å²) in [7, 11) is 0. The van der Waals surface area contributed by atoms with Crippen molar-refractivity contribution < 1.29 is 24.2 Å². The van der Waals surface area contributed by atoms with Gasteiger partial charge in [-0.25, -0.2) is 0 Å². The van der Waals surface area contributed by atoms with E-state index >= 15 is 0 Å². The average molecular weight is 465 g/mol. The summed E-state index contributed by atoms with van der Waals surface area (Å²) in [5.41, 5.74) is 0.530. The van der Waals surface area contributed by atoms with Crippen molar-refractivity contribution in [3.63, 3.8) is 0 Å². The van der Waals surface area contributed by atoms with Gasteiger partial charge in [-0.1, -0.05) is 11.6 Å². The lowest BCUT2D eigenvalue weighted by atomic mass is 10.1. The lowest BCUT2D eigenvalue weighted by Gasteiger charge is -2.36. The zero-order chi connectivity index (χ0) is 22.7. The van der Waals surface area contributed by atoms with Crippen molar-refractivity contribution in [1.29, 1.82) is 0 Å². The van der Waals surface area contributed by atoms with E-state index in [4.69, 9.17) is 16.3 Å². The second-order valence-electron chi connectivity index (χ2n) is 8.58. The van der Waals surface area contributed by atoms with Crippen LogP contribution in [0.3, 0.4) is 0 Å². The molecule has 0 radical (unpaired) electrons. The number of anilines is 1. The highest BCUT2D eigenvalue weighted by molar-refractivity contribution is 6.32. The predicted molar refractivity (Wildman–Crippen MR) is 118 cm³/mol. The van der Waals surface area contributed by atoms with Crippen LogP contribution in [0.15, 0.2) is 18.2 Å². The topological polar surface area (TPSA) is 102 Å². The normalized spacial score (nSPS) is 24.0. The van der Waals surface area contributed by atoms with Crippen molar-refractivity contribution in [2.45, 2.75) is 25.4 Å². The Bertz CT molecular complexity index is 868. The minimum absolute atomic E-state index is 0.0283. The van der Waals surface area contributed by atoms with E-state index in [1.165, 1.54) is 12.1 Å². The molecule has 0 bridgehead atoms. The summed E-state index contributed by atoms with van der Waals surface area (Å²) in [5, 5.41) is 12.5. The fourth-order valence-electron chi connectivity index (χ4n) is 4.46. The third kappa shape index (κ3) is 5.33. The highest BCUT2D eigenvalue weighted by atomic mass is 35.5. The Balaban J connectivity index is 1.20. The summed E-state index contributed by atoms with van der Waals surface area (Å²) in [6.07, 6.45) is 2.06. The molecule has 32 heavy (non-hydrogen) atoms. The molecule has 3 saturated heterocycles. The van der Waals surface area contributed by atoms with E-state index in [0.717, 1.165) is 12.8 Å². The molecule has 0 spiro atoms. The summed E-state index contributed by atoms with van der Waals surface area (Å²) in [6, 6.07) is 4.54. The summed E-state index contributed by atoms with van der Waals surface area (Å²) in [5.74, 6) is -0.301. The molecule has 0 aromatic heterocycles. The Morgan fingerprint density at radius 2 is 1.84 bits per heavy atom. The highest BCUT2D eigenvalue weighted by Crippen LogP contribution is 2.27. The summed E-state index contributed by atoms with van der Waals surface area (Å²) < 4.78 is 5.48. The van der Waals surface area contributed by atoms with Crippen LogP contribution in [0.25, 0.3) is 0 Å². The van der Waals surface area contributed by atoms with Crippen LogP contribution >= 0.6 is 11.6 Å². The SMILES string of the molecule is O=C(Nc1ccc(O)c(Cl)c1)[C@@H]1CCN(CC(=O)N2CCN(C(=O)C3CCCO3)CC2)C1. The molecule has 3 aliphatic heterocycles. The summed E-state index contributed by atoms with van der Waals surface area (Å²) >= 11 is 5.89. The maximum absolute atomic E-state index is 12.7. The Labute approximate surface area is 192 Å². The predicted octanol–water partition coefficient (Wildman–Crippen LogP) is 1.16. The second kappa shape index (κ2) is 10.1. The van der Waals surface area contributed by atoms with Gasteiger partial charge in [-0.05, 0) is 44.0 Å². The zero-order valence-electron chi connectivity index (χ0n) is 18.0. The number of rotatable bonds is 5. The van der Waals surface area contributed by atoms with Crippen LogP contribution in [0.1, 0.15) is 19.3 Å². The molecule has 1 unspecified atom stereocenters. The molecule has 3 amide bonds. The van der Waals surface area contributed by atoms with Gasteiger partial charge in [0.2, 0.25) is 11.8 Å². The molecule has 2 atom stereocenters. The molecule has 3 aliphatic rings. The van der Waals surface area contributed by atoms with Gasteiger partial charge in [-0.2, -0.15) is 0 Å². The Morgan fingerprint density at radius 3 is 2.53 bits per heavy atom. The standard InChI is InChI=1S/C22H29ClN4O5/c23-17-12-16(3-4-18(17)28)24-21(30)15-5-6-25(13-15)14-20(29)26-7-9-27(10-8-26)22(31)19-2-1-11-32-19/h3-4,12,15,19,28H,1-2,5-11,13-14H2,(H,24,30)/t15-,19?/m1/s1. The number of phenols is 1. The monoisotopic (exact) mass is 464 g/mol. The molecule has 2 N–H and O–H groups in total. The van der Waals surface area contributed by atoms with E-state index in [1.807, 2.05) is 4.90 Å². The van der Waals surface area contributed by atoms with Crippen LogP contribution in [0, 0.1) is 5.92 Å². The Kier molecular flexibility index (Phi) is 7.17. The van der Waals surface area contributed by atoms with Gasteiger partial charge in [0.05, 0.1) is 17.5 Å².